The van der Waals surface area contributed by atoms with Crippen molar-refractivity contribution in [3.63, 3.8) is 0 Å². The van der Waals surface area contributed by atoms with Crippen molar-refractivity contribution >= 4 is 19.9 Å². The number of hydrogen-bond donors (Lipinski definition) is 0. The van der Waals surface area contributed by atoms with E-state index in [2.05, 4.69) is 0 Å². The molecule has 1 aliphatic rings. The van der Waals surface area contributed by atoms with Gasteiger partial charge in [-0.1, -0.05) is 19.1 Å². The smallest absolute Gasteiger partial charge is 0.224 e. The Morgan fingerprint density at radius 1 is 1.10 bits per heavy atom. The summed E-state index contributed by atoms with van der Waals surface area (Å²) in [7, 11) is -6.91. The average Bonchev–Trinajstić information content (AvgIpc) is 2.87. The maximum absolute atomic E-state index is 12.5. The normalized spacial score (nSPS) is 20.4. The highest BCUT2D eigenvalue weighted by Gasteiger charge is 2.31. The fourth-order valence-electron chi connectivity index (χ4n) is 2.16. The Kier molecular flexibility index (Phi) is 4.04. The van der Waals surface area contributed by atoms with Gasteiger partial charge in [-0.15, -0.1) is 0 Å². The first-order chi connectivity index (χ1) is 9.26. The first kappa shape index (κ1) is 15.2. The van der Waals surface area contributed by atoms with Crippen molar-refractivity contribution in [3.8, 4) is 0 Å². The summed E-state index contributed by atoms with van der Waals surface area (Å²) in [6, 6.07) is 5.21. The molecule has 2 rings (SSSR count). The fraction of sp³-hybridized carbons (Fsp3) is 0.385. The lowest BCUT2D eigenvalue weighted by atomic mass is 10.2. The predicted molar refractivity (Wildman–Crippen MR) is 76.7 cm³/mol. The van der Waals surface area contributed by atoms with Crippen molar-refractivity contribution in [3.05, 3.63) is 36.4 Å². The summed E-state index contributed by atoms with van der Waals surface area (Å²) in [4.78, 5) is 0.232. The van der Waals surface area contributed by atoms with E-state index in [4.69, 9.17) is 0 Å². The molecule has 0 fully saturated rings. The van der Waals surface area contributed by atoms with Gasteiger partial charge in [-0.3, -0.25) is 0 Å². The lowest BCUT2D eigenvalue weighted by molar-refractivity contribution is 0.403. The van der Waals surface area contributed by atoms with Crippen molar-refractivity contribution in [2.75, 3.05) is 12.8 Å². The van der Waals surface area contributed by atoms with E-state index in [0.717, 1.165) is 6.26 Å². The molecule has 1 aliphatic heterocycles. The number of sulfonamides is 1. The monoisotopic (exact) mass is 315 g/mol. The molecule has 1 aromatic carbocycles. The average molecular weight is 315 g/mol. The zero-order chi connectivity index (χ0) is 15.0. The van der Waals surface area contributed by atoms with Crippen LogP contribution in [-0.4, -0.2) is 40.0 Å². The van der Waals surface area contributed by atoms with Gasteiger partial charge in [-0.25, -0.2) is 16.8 Å². The quantitative estimate of drug-likeness (QED) is 0.788. The molecule has 0 N–H and O–H groups in total. The summed E-state index contributed by atoms with van der Waals surface area (Å²) < 4.78 is 49.2. The molecule has 1 unspecified atom stereocenters. The van der Waals surface area contributed by atoms with Gasteiger partial charge in [-0.05, 0) is 30.7 Å². The minimum absolute atomic E-state index is 0.114. The van der Waals surface area contributed by atoms with Gasteiger partial charge in [0.1, 0.15) is 0 Å². The van der Waals surface area contributed by atoms with Gasteiger partial charge < -0.3 is 0 Å². The SMILES string of the molecule is CCC1C=CCN1S(=O)(=O)c1ccc(S(C)(=O)=O)cc1. The van der Waals surface area contributed by atoms with Gasteiger partial charge in [0.05, 0.1) is 9.79 Å². The Labute approximate surface area is 119 Å². The van der Waals surface area contributed by atoms with Crippen LogP contribution in [0.25, 0.3) is 0 Å². The molecule has 20 heavy (non-hydrogen) atoms. The largest absolute Gasteiger partial charge is 0.243 e. The Bertz CT molecular complexity index is 718. The maximum atomic E-state index is 12.5. The van der Waals surface area contributed by atoms with E-state index in [-0.39, 0.29) is 15.8 Å². The second-order valence-electron chi connectivity index (χ2n) is 4.72. The van der Waals surface area contributed by atoms with E-state index >= 15 is 0 Å². The molecule has 5 nitrogen and oxygen atoms in total. The summed E-state index contributed by atoms with van der Waals surface area (Å²) in [5.74, 6) is 0. The fourth-order valence-corrected chi connectivity index (χ4v) is 4.40. The second kappa shape index (κ2) is 5.31. The number of nitrogens with zero attached hydrogens (tertiary/aromatic N) is 1. The van der Waals surface area contributed by atoms with Crippen molar-refractivity contribution in [2.24, 2.45) is 0 Å². The van der Waals surface area contributed by atoms with Crippen LogP contribution in [0.3, 0.4) is 0 Å². The standard InChI is InChI=1S/C13H17NO4S2/c1-3-11-5-4-10-14(11)20(17,18)13-8-6-12(7-9-13)19(2,15)16/h4-9,11H,3,10H2,1-2H3. The zero-order valence-electron chi connectivity index (χ0n) is 11.4. The second-order valence-corrected chi connectivity index (χ2v) is 8.63. The van der Waals surface area contributed by atoms with Gasteiger partial charge >= 0.3 is 0 Å². The van der Waals surface area contributed by atoms with Gasteiger partial charge in [0.15, 0.2) is 9.84 Å². The Hall–Kier alpha value is -1.18. The molecule has 0 spiro atoms. The maximum Gasteiger partial charge on any atom is 0.243 e. The Morgan fingerprint density at radius 3 is 2.15 bits per heavy atom. The Morgan fingerprint density at radius 2 is 1.65 bits per heavy atom. The van der Waals surface area contributed by atoms with Crippen LogP contribution in [0.4, 0.5) is 0 Å². The van der Waals surface area contributed by atoms with Crippen LogP contribution >= 0.6 is 0 Å². The summed E-state index contributed by atoms with van der Waals surface area (Å²) in [6.45, 7) is 2.28. The molecule has 0 aromatic heterocycles. The molecule has 110 valence electrons. The molecule has 0 bridgehead atoms. The van der Waals surface area contributed by atoms with E-state index in [1.54, 1.807) is 0 Å². The predicted octanol–water partition coefficient (Wildman–Crippen LogP) is 1.43. The molecule has 0 saturated heterocycles. The van der Waals surface area contributed by atoms with E-state index in [0.29, 0.717) is 13.0 Å². The molecular formula is C13H17NO4S2. The third kappa shape index (κ3) is 2.79. The minimum Gasteiger partial charge on any atom is -0.224 e. The van der Waals surface area contributed by atoms with Crippen LogP contribution in [-0.2, 0) is 19.9 Å². The van der Waals surface area contributed by atoms with Crippen LogP contribution in [0.2, 0.25) is 0 Å². The van der Waals surface area contributed by atoms with E-state index < -0.39 is 19.9 Å². The lowest BCUT2D eigenvalue weighted by Gasteiger charge is -2.22. The van der Waals surface area contributed by atoms with E-state index in [1.165, 1.54) is 28.6 Å². The number of benzene rings is 1. The van der Waals surface area contributed by atoms with Gasteiger partial charge in [0, 0.05) is 18.8 Å². The highest BCUT2D eigenvalue weighted by molar-refractivity contribution is 7.90. The first-order valence-corrected chi connectivity index (χ1v) is 9.58. The van der Waals surface area contributed by atoms with Crippen LogP contribution in [0.5, 0.6) is 0 Å². The van der Waals surface area contributed by atoms with Crippen LogP contribution in [0.15, 0.2) is 46.2 Å². The number of sulfone groups is 1. The van der Waals surface area contributed by atoms with Crippen molar-refractivity contribution < 1.29 is 16.8 Å². The van der Waals surface area contributed by atoms with Crippen LogP contribution < -0.4 is 0 Å². The zero-order valence-corrected chi connectivity index (χ0v) is 13.0. The van der Waals surface area contributed by atoms with Gasteiger partial charge in [0.25, 0.3) is 0 Å². The highest BCUT2D eigenvalue weighted by atomic mass is 32.2. The van der Waals surface area contributed by atoms with Gasteiger partial charge in [0.2, 0.25) is 10.0 Å². The molecule has 1 atom stereocenters. The van der Waals surface area contributed by atoms with E-state index in [1.807, 2.05) is 19.1 Å². The van der Waals surface area contributed by atoms with Crippen molar-refractivity contribution in [2.45, 2.75) is 29.2 Å². The third-order valence-corrected chi connectivity index (χ3v) is 6.32. The third-order valence-electron chi connectivity index (χ3n) is 3.29. The molecule has 0 amide bonds. The summed E-state index contributed by atoms with van der Waals surface area (Å²) in [6.07, 6.45) is 5.50. The summed E-state index contributed by atoms with van der Waals surface area (Å²) >= 11 is 0. The van der Waals surface area contributed by atoms with Crippen LogP contribution in [0.1, 0.15) is 13.3 Å². The Balaban J connectivity index is 2.36. The molecule has 1 heterocycles. The number of rotatable bonds is 4. The lowest BCUT2D eigenvalue weighted by Crippen LogP contribution is -2.35. The minimum atomic E-state index is -3.59. The summed E-state index contributed by atoms with van der Waals surface area (Å²) in [5, 5.41) is 0. The van der Waals surface area contributed by atoms with Gasteiger partial charge in [-0.2, -0.15) is 4.31 Å². The molecular weight excluding hydrogens is 298 g/mol. The molecule has 7 heteroatoms. The molecule has 0 saturated carbocycles. The molecule has 0 aliphatic carbocycles. The topological polar surface area (TPSA) is 71.5 Å². The highest BCUT2D eigenvalue weighted by Crippen LogP contribution is 2.24. The van der Waals surface area contributed by atoms with Crippen molar-refractivity contribution in [1.82, 2.24) is 4.31 Å². The van der Waals surface area contributed by atoms with Crippen LogP contribution in [0, 0.1) is 0 Å². The first-order valence-electron chi connectivity index (χ1n) is 6.25. The van der Waals surface area contributed by atoms with E-state index in [9.17, 15) is 16.8 Å². The number of hydrogen-bond acceptors (Lipinski definition) is 4. The molecule has 1 aromatic rings. The molecule has 0 radical (unpaired) electrons. The summed E-state index contributed by atoms with van der Waals surface area (Å²) in [5.41, 5.74) is 0. The van der Waals surface area contributed by atoms with Crippen molar-refractivity contribution in [1.29, 1.82) is 0 Å².